The van der Waals surface area contributed by atoms with Crippen LogP contribution in [0.5, 0.6) is 0 Å². The summed E-state index contributed by atoms with van der Waals surface area (Å²) >= 11 is 0. The second kappa shape index (κ2) is 5.35. The highest BCUT2D eigenvalue weighted by atomic mass is 16.3. The number of rotatable bonds is 3. The third-order valence-corrected chi connectivity index (χ3v) is 4.32. The molecule has 1 unspecified atom stereocenters. The Morgan fingerprint density at radius 1 is 1.14 bits per heavy atom. The van der Waals surface area contributed by atoms with Crippen molar-refractivity contribution < 1.29 is 5.11 Å². The first-order chi connectivity index (χ1) is 10.1. The minimum Gasteiger partial charge on any atom is -0.385 e. The van der Waals surface area contributed by atoms with Crippen molar-refractivity contribution in [2.45, 2.75) is 38.2 Å². The van der Waals surface area contributed by atoms with Crippen molar-refractivity contribution in [2.24, 2.45) is 0 Å². The Labute approximate surface area is 125 Å². The van der Waals surface area contributed by atoms with Crippen molar-refractivity contribution >= 4 is 0 Å². The quantitative estimate of drug-likeness (QED) is 0.933. The molecule has 0 aliphatic heterocycles. The van der Waals surface area contributed by atoms with Crippen LogP contribution in [0.1, 0.15) is 41.2 Å². The van der Waals surface area contributed by atoms with Crippen LogP contribution in [0.25, 0.3) is 0 Å². The molecule has 0 spiro atoms. The highest BCUT2D eigenvalue weighted by Gasteiger charge is 2.24. The van der Waals surface area contributed by atoms with Crippen LogP contribution >= 0.6 is 0 Å². The summed E-state index contributed by atoms with van der Waals surface area (Å²) in [4.78, 5) is 0. The molecule has 21 heavy (non-hydrogen) atoms. The molecule has 3 rings (SSSR count). The fraction of sp³-hybridized carbons (Fsp3) is 0.316. The Bertz CT molecular complexity index is 710. The molecular formula is C19H19NO. The highest BCUT2D eigenvalue weighted by molar-refractivity contribution is 5.39. The number of aliphatic hydroxyl groups is 1. The molecule has 2 aromatic rings. The molecule has 2 aromatic carbocycles. The minimum absolute atomic E-state index is 0.565. The van der Waals surface area contributed by atoms with Crippen molar-refractivity contribution in [3.05, 3.63) is 70.3 Å². The predicted molar refractivity (Wildman–Crippen MR) is 82.9 cm³/mol. The molecule has 0 saturated heterocycles. The van der Waals surface area contributed by atoms with Gasteiger partial charge in [0, 0.05) is 6.42 Å². The van der Waals surface area contributed by atoms with Gasteiger partial charge < -0.3 is 5.11 Å². The van der Waals surface area contributed by atoms with Gasteiger partial charge in [0.15, 0.2) is 0 Å². The number of hydrogen-bond donors (Lipinski definition) is 1. The molecule has 1 atom stereocenters. The summed E-state index contributed by atoms with van der Waals surface area (Å²) in [5, 5.41) is 19.8. The Balaban J connectivity index is 1.87. The average Bonchev–Trinajstić information content (AvgIpc) is 2.94. The van der Waals surface area contributed by atoms with Gasteiger partial charge in [0.25, 0.3) is 0 Å². The summed E-state index contributed by atoms with van der Waals surface area (Å²) in [5.74, 6) is 0. The number of aryl methyl sites for hydroxylation is 2. The summed E-state index contributed by atoms with van der Waals surface area (Å²) in [7, 11) is 0. The van der Waals surface area contributed by atoms with Gasteiger partial charge in [-0.3, -0.25) is 0 Å². The zero-order valence-electron chi connectivity index (χ0n) is 12.3. The maximum atomic E-state index is 10.8. The first-order valence-electron chi connectivity index (χ1n) is 7.42. The van der Waals surface area contributed by atoms with Crippen LogP contribution in [0.3, 0.4) is 0 Å². The molecule has 0 aromatic heterocycles. The zero-order valence-corrected chi connectivity index (χ0v) is 12.3. The Hall–Kier alpha value is -2.11. The fourth-order valence-electron chi connectivity index (χ4n) is 3.16. The van der Waals surface area contributed by atoms with Gasteiger partial charge in [-0.05, 0) is 60.6 Å². The number of nitrogens with zero attached hydrogens (tertiary/aromatic N) is 1. The van der Waals surface area contributed by atoms with Crippen LogP contribution < -0.4 is 0 Å². The van der Waals surface area contributed by atoms with E-state index in [1.807, 2.05) is 19.1 Å². The molecule has 0 fully saturated rings. The van der Waals surface area contributed by atoms with E-state index >= 15 is 0 Å². The van der Waals surface area contributed by atoms with E-state index in [9.17, 15) is 5.11 Å². The molecule has 1 aliphatic carbocycles. The van der Waals surface area contributed by atoms with Gasteiger partial charge in [0.1, 0.15) is 0 Å². The number of benzene rings is 2. The lowest BCUT2D eigenvalue weighted by molar-refractivity contribution is 0.0576. The van der Waals surface area contributed by atoms with E-state index in [4.69, 9.17) is 5.26 Å². The lowest BCUT2D eigenvalue weighted by Crippen LogP contribution is -2.24. The smallest absolute Gasteiger partial charge is 0.0991 e. The molecule has 0 radical (unpaired) electrons. The standard InChI is InChI=1S/C19H19NO/c1-19(21,18-7-2-4-15(11-18)13-20)12-14-8-9-16-5-3-6-17(16)10-14/h2,4,7-11,21H,3,5-6,12H2,1H3. The van der Waals surface area contributed by atoms with Crippen molar-refractivity contribution in [3.8, 4) is 6.07 Å². The molecule has 0 saturated carbocycles. The first-order valence-corrected chi connectivity index (χ1v) is 7.42. The summed E-state index contributed by atoms with van der Waals surface area (Å²) < 4.78 is 0. The van der Waals surface area contributed by atoms with Crippen LogP contribution in [0, 0.1) is 11.3 Å². The van der Waals surface area contributed by atoms with Crippen molar-refractivity contribution in [1.29, 1.82) is 5.26 Å². The van der Waals surface area contributed by atoms with E-state index in [1.54, 1.807) is 12.1 Å². The molecule has 0 bridgehead atoms. The molecule has 0 heterocycles. The fourth-order valence-corrected chi connectivity index (χ4v) is 3.16. The number of hydrogen-bond acceptors (Lipinski definition) is 2. The summed E-state index contributed by atoms with van der Waals surface area (Å²) in [6, 6.07) is 15.9. The van der Waals surface area contributed by atoms with Crippen LogP contribution in [-0.2, 0) is 24.9 Å². The van der Waals surface area contributed by atoms with E-state index in [0.717, 1.165) is 17.5 Å². The van der Waals surface area contributed by atoms with E-state index < -0.39 is 5.60 Å². The van der Waals surface area contributed by atoms with Gasteiger partial charge in [0.2, 0.25) is 0 Å². The predicted octanol–water partition coefficient (Wildman–Crippen LogP) is 3.50. The van der Waals surface area contributed by atoms with Crippen molar-refractivity contribution in [1.82, 2.24) is 0 Å². The third-order valence-electron chi connectivity index (χ3n) is 4.32. The van der Waals surface area contributed by atoms with Crippen molar-refractivity contribution in [2.75, 3.05) is 0 Å². The van der Waals surface area contributed by atoms with Crippen molar-refractivity contribution in [3.63, 3.8) is 0 Å². The van der Waals surface area contributed by atoms with E-state index in [1.165, 1.54) is 24.0 Å². The van der Waals surface area contributed by atoms with E-state index in [2.05, 4.69) is 24.3 Å². The largest absolute Gasteiger partial charge is 0.385 e. The summed E-state index contributed by atoms with van der Waals surface area (Å²) in [5.41, 5.74) is 4.45. The summed E-state index contributed by atoms with van der Waals surface area (Å²) in [6.45, 7) is 1.82. The van der Waals surface area contributed by atoms with Gasteiger partial charge in [-0.2, -0.15) is 5.26 Å². The summed E-state index contributed by atoms with van der Waals surface area (Å²) in [6.07, 6.45) is 4.13. The van der Waals surface area contributed by atoms with Gasteiger partial charge in [-0.15, -0.1) is 0 Å². The van der Waals surface area contributed by atoms with Gasteiger partial charge in [-0.1, -0.05) is 30.3 Å². The van der Waals surface area contributed by atoms with Crippen LogP contribution in [0.4, 0.5) is 0 Å². The SMILES string of the molecule is CC(O)(Cc1ccc2c(c1)CCC2)c1cccc(C#N)c1. The van der Waals surface area contributed by atoms with Gasteiger partial charge >= 0.3 is 0 Å². The third kappa shape index (κ3) is 2.84. The average molecular weight is 277 g/mol. The van der Waals surface area contributed by atoms with E-state index in [0.29, 0.717) is 12.0 Å². The molecule has 1 N–H and O–H groups in total. The first kappa shape index (κ1) is 13.9. The lowest BCUT2D eigenvalue weighted by atomic mass is 9.87. The van der Waals surface area contributed by atoms with Gasteiger partial charge in [-0.25, -0.2) is 0 Å². The van der Waals surface area contributed by atoms with Crippen LogP contribution in [-0.4, -0.2) is 5.11 Å². The maximum Gasteiger partial charge on any atom is 0.0991 e. The second-order valence-corrected chi connectivity index (χ2v) is 6.10. The molecule has 1 aliphatic rings. The number of nitriles is 1. The molecular weight excluding hydrogens is 258 g/mol. The van der Waals surface area contributed by atoms with Gasteiger partial charge in [0.05, 0.1) is 17.2 Å². The number of fused-ring (bicyclic) bond motifs is 1. The molecule has 2 nitrogen and oxygen atoms in total. The highest BCUT2D eigenvalue weighted by Crippen LogP contribution is 2.29. The Morgan fingerprint density at radius 2 is 1.95 bits per heavy atom. The monoisotopic (exact) mass is 277 g/mol. The second-order valence-electron chi connectivity index (χ2n) is 6.10. The van der Waals surface area contributed by atoms with Crippen LogP contribution in [0.15, 0.2) is 42.5 Å². The molecule has 106 valence electrons. The minimum atomic E-state index is -0.959. The van der Waals surface area contributed by atoms with Crippen LogP contribution in [0.2, 0.25) is 0 Å². The maximum absolute atomic E-state index is 10.8. The normalized spacial score (nSPS) is 16.0. The lowest BCUT2D eigenvalue weighted by Gasteiger charge is -2.24. The topological polar surface area (TPSA) is 44.0 Å². The zero-order chi connectivity index (χ0) is 14.9. The Morgan fingerprint density at radius 3 is 2.76 bits per heavy atom. The Kier molecular flexibility index (Phi) is 3.53. The molecule has 0 amide bonds. The van der Waals surface area contributed by atoms with E-state index in [-0.39, 0.29) is 0 Å². The molecule has 2 heteroatoms.